The number of nitrogens with zero attached hydrogens (tertiary/aromatic N) is 3. The standard InChI is InChI=1S/C34H36N4O6S/c1-34(2,3)35-33(40)31(22-26-14-7-4-8-15-26)36(24-27-16-9-5-10-17-27)32(39)25-37(28-18-13-19-29(23-28)38(41)42)45(43,44)30-20-11-6-12-21-30/h4-21,23,31H,22,24-25H2,1-3H3,(H,35,40)/t31-/m0/s1. The Hall–Kier alpha value is -5.03. The van der Waals surface area contributed by atoms with E-state index in [0.29, 0.717) is 0 Å². The number of rotatable bonds is 12. The van der Waals surface area contributed by atoms with Crippen LogP contribution in [0.4, 0.5) is 11.4 Å². The van der Waals surface area contributed by atoms with Gasteiger partial charge in [0.05, 0.1) is 15.5 Å². The highest BCUT2D eigenvalue weighted by Crippen LogP contribution is 2.28. The van der Waals surface area contributed by atoms with Gasteiger partial charge >= 0.3 is 0 Å². The fourth-order valence-corrected chi connectivity index (χ4v) is 6.22. The Bertz CT molecular complexity index is 1730. The van der Waals surface area contributed by atoms with Gasteiger partial charge < -0.3 is 10.2 Å². The second-order valence-corrected chi connectivity index (χ2v) is 13.4. The first-order valence-electron chi connectivity index (χ1n) is 14.4. The van der Waals surface area contributed by atoms with E-state index in [9.17, 15) is 28.1 Å². The number of nitrogens with one attached hydrogen (secondary N) is 1. The maximum atomic E-state index is 14.4. The highest BCUT2D eigenvalue weighted by Gasteiger charge is 2.36. The summed E-state index contributed by atoms with van der Waals surface area (Å²) in [6.45, 7) is 4.82. The lowest BCUT2D eigenvalue weighted by Crippen LogP contribution is -2.56. The van der Waals surface area contributed by atoms with E-state index >= 15 is 0 Å². The van der Waals surface area contributed by atoms with E-state index in [2.05, 4.69) is 5.32 Å². The van der Waals surface area contributed by atoms with Gasteiger partial charge in [0.15, 0.2) is 0 Å². The van der Waals surface area contributed by atoms with Crippen LogP contribution in [0.1, 0.15) is 31.9 Å². The SMILES string of the molecule is CC(C)(C)NC(=O)[C@H](Cc1ccccc1)N(Cc1ccccc1)C(=O)CN(c1cccc([N+](=O)[O-])c1)S(=O)(=O)c1ccccc1. The molecule has 4 aromatic carbocycles. The summed E-state index contributed by atoms with van der Waals surface area (Å²) in [5.74, 6) is -1.06. The first kappa shape index (κ1) is 32.9. The number of nitro groups is 1. The number of hydrogen-bond acceptors (Lipinski definition) is 6. The van der Waals surface area contributed by atoms with Gasteiger partial charge in [-0.15, -0.1) is 0 Å². The topological polar surface area (TPSA) is 130 Å². The van der Waals surface area contributed by atoms with Crippen LogP contribution in [-0.4, -0.2) is 48.2 Å². The van der Waals surface area contributed by atoms with Crippen molar-refractivity contribution >= 4 is 33.2 Å². The minimum absolute atomic E-state index is 0.0168. The molecule has 2 amide bonds. The number of anilines is 1. The van der Waals surface area contributed by atoms with Crippen molar-refractivity contribution < 1.29 is 22.9 Å². The molecular formula is C34H36N4O6S. The summed E-state index contributed by atoms with van der Waals surface area (Å²) in [5, 5.41) is 14.6. The molecule has 0 bridgehead atoms. The van der Waals surface area contributed by atoms with Crippen molar-refractivity contribution in [2.45, 2.75) is 50.2 Å². The lowest BCUT2D eigenvalue weighted by atomic mass is 10.0. The molecular weight excluding hydrogens is 592 g/mol. The molecule has 1 atom stereocenters. The number of carbonyl (C=O) groups is 2. The number of sulfonamides is 1. The summed E-state index contributed by atoms with van der Waals surface area (Å²) >= 11 is 0. The van der Waals surface area contributed by atoms with Crippen LogP contribution in [0.3, 0.4) is 0 Å². The quantitative estimate of drug-likeness (QED) is 0.166. The number of nitro benzene ring substituents is 1. The van der Waals surface area contributed by atoms with Crippen LogP contribution in [0.25, 0.3) is 0 Å². The van der Waals surface area contributed by atoms with Crippen molar-refractivity contribution in [3.63, 3.8) is 0 Å². The first-order valence-corrected chi connectivity index (χ1v) is 15.8. The van der Waals surface area contributed by atoms with Gasteiger partial charge in [-0.05, 0) is 50.1 Å². The number of non-ortho nitro benzene ring substituents is 1. The molecule has 1 N–H and O–H groups in total. The Morgan fingerprint density at radius 2 is 1.38 bits per heavy atom. The molecule has 0 aliphatic heterocycles. The van der Waals surface area contributed by atoms with Crippen LogP contribution >= 0.6 is 0 Å². The van der Waals surface area contributed by atoms with Gasteiger partial charge in [0.25, 0.3) is 15.7 Å². The molecule has 0 heterocycles. The summed E-state index contributed by atoms with van der Waals surface area (Å²) < 4.78 is 28.9. The van der Waals surface area contributed by atoms with E-state index in [0.717, 1.165) is 21.5 Å². The molecule has 0 radical (unpaired) electrons. The number of amides is 2. The average Bonchev–Trinajstić information content (AvgIpc) is 3.02. The Kier molecular flexibility index (Phi) is 10.4. The highest BCUT2D eigenvalue weighted by molar-refractivity contribution is 7.92. The Balaban J connectivity index is 1.83. The van der Waals surface area contributed by atoms with Crippen molar-refractivity contribution in [1.29, 1.82) is 0 Å². The lowest BCUT2D eigenvalue weighted by molar-refractivity contribution is -0.384. The molecule has 234 valence electrons. The zero-order chi connectivity index (χ0) is 32.6. The average molecular weight is 629 g/mol. The molecule has 0 unspecified atom stereocenters. The normalized spacial score (nSPS) is 12.2. The van der Waals surface area contributed by atoms with E-state index in [1.165, 1.54) is 35.2 Å². The van der Waals surface area contributed by atoms with Gasteiger partial charge in [0, 0.05) is 30.6 Å². The van der Waals surface area contributed by atoms with Crippen LogP contribution in [-0.2, 0) is 32.6 Å². The number of benzene rings is 4. The summed E-state index contributed by atoms with van der Waals surface area (Å²) in [6.07, 6.45) is 0.170. The molecule has 45 heavy (non-hydrogen) atoms. The van der Waals surface area contributed by atoms with Crippen LogP contribution in [0.15, 0.2) is 120 Å². The van der Waals surface area contributed by atoms with Gasteiger partial charge in [-0.2, -0.15) is 0 Å². The predicted molar refractivity (Wildman–Crippen MR) is 173 cm³/mol. The van der Waals surface area contributed by atoms with Crippen molar-refractivity contribution in [3.8, 4) is 0 Å². The van der Waals surface area contributed by atoms with Gasteiger partial charge in [0.1, 0.15) is 12.6 Å². The summed E-state index contributed by atoms with van der Waals surface area (Å²) in [6, 6.07) is 30.0. The molecule has 0 aromatic heterocycles. The fraction of sp³-hybridized carbons (Fsp3) is 0.235. The van der Waals surface area contributed by atoms with Crippen molar-refractivity contribution in [1.82, 2.24) is 10.2 Å². The molecule has 0 spiro atoms. The molecule has 0 saturated heterocycles. The zero-order valence-corrected chi connectivity index (χ0v) is 26.2. The van der Waals surface area contributed by atoms with E-state index in [1.54, 1.807) is 18.2 Å². The zero-order valence-electron chi connectivity index (χ0n) is 25.4. The third kappa shape index (κ3) is 8.76. The Labute approximate surface area is 263 Å². The van der Waals surface area contributed by atoms with E-state index in [1.807, 2.05) is 81.4 Å². The van der Waals surface area contributed by atoms with Crippen LogP contribution in [0, 0.1) is 10.1 Å². The lowest BCUT2D eigenvalue weighted by Gasteiger charge is -2.35. The minimum Gasteiger partial charge on any atom is -0.350 e. The highest BCUT2D eigenvalue weighted by atomic mass is 32.2. The van der Waals surface area contributed by atoms with Crippen LogP contribution in [0.5, 0.6) is 0 Å². The van der Waals surface area contributed by atoms with Gasteiger partial charge in [-0.3, -0.25) is 24.0 Å². The molecule has 0 fully saturated rings. The Morgan fingerprint density at radius 3 is 1.93 bits per heavy atom. The van der Waals surface area contributed by atoms with Crippen LogP contribution < -0.4 is 9.62 Å². The second kappa shape index (κ2) is 14.2. The second-order valence-electron chi connectivity index (χ2n) is 11.6. The summed E-state index contributed by atoms with van der Waals surface area (Å²) in [4.78, 5) is 40.6. The van der Waals surface area contributed by atoms with Crippen molar-refractivity contribution in [2.75, 3.05) is 10.8 Å². The molecule has 4 aromatic rings. The smallest absolute Gasteiger partial charge is 0.271 e. The van der Waals surface area contributed by atoms with Crippen LogP contribution in [0.2, 0.25) is 0 Å². The number of carbonyl (C=O) groups excluding carboxylic acids is 2. The van der Waals surface area contributed by atoms with Crippen molar-refractivity contribution in [3.05, 3.63) is 137 Å². The maximum Gasteiger partial charge on any atom is 0.271 e. The third-order valence-electron chi connectivity index (χ3n) is 6.90. The number of hydrogen-bond donors (Lipinski definition) is 1. The largest absolute Gasteiger partial charge is 0.350 e. The van der Waals surface area contributed by atoms with Crippen molar-refractivity contribution in [2.24, 2.45) is 0 Å². The van der Waals surface area contributed by atoms with Gasteiger partial charge in [-0.25, -0.2) is 8.42 Å². The molecule has 11 heteroatoms. The van der Waals surface area contributed by atoms with E-state index < -0.39 is 44.9 Å². The monoisotopic (exact) mass is 628 g/mol. The molecule has 10 nitrogen and oxygen atoms in total. The van der Waals surface area contributed by atoms with E-state index in [-0.39, 0.29) is 29.2 Å². The minimum atomic E-state index is -4.37. The first-order chi connectivity index (χ1) is 21.3. The molecule has 0 aliphatic rings. The summed E-state index contributed by atoms with van der Waals surface area (Å²) in [7, 11) is -4.37. The maximum absolute atomic E-state index is 14.4. The third-order valence-corrected chi connectivity index (χ3v) is 8.69. The van der Waals surface area contributed by atoms with E-state index in [4.69, 9.17) is 0 Å². The molecule has 0 saturated carbocycles. The molecule has 4 rings (SSSR count). The fourth-order valence-electron chi connectivity index (χ4n) is 4.80. The Morgan fingerprint density at radius 1 is 0.822 bits per heavy atom. The summed E-state index contributed by atoms with van der Waals surface area (Å²) in [5.41, 5.74) is 0.546. The predicted octanol–water partition coefficient (Wildman–Crippen LogP) is 5.34. The molecule has 0 aliphatic carbocycles. The van der Waals surface area contributed by atoms with Gasteiger partial charge in [0.2, 0.25) is 11.8 Å². The van der Waals surface area contributed by atoms with Gasteiger partial charge in [-0.1, -0.05) is 84.9 Å².